The van der Waals surface area contributed by atoms with Gasteiger partial charge in [-0.05, 0) is 31.0 Å². The predicted molar refractivity (Wildman–Crippen MR) is 90.9 cm³/mol. The molecule has 2 fully saturated rings. The van der Waals surface area contributed by atoms with E-state index in [2.05, 4.69) is 44.2 Å². The minimum atomic E-state index is 0.264. The highest BCUT2D eigenvalue weighted by Gasteiger charge is 2.30. The first-order valence-corrected chi connectivity index (χ1v) is 8.76. The maximum atomic E-state index is 5.49. The van der Waals surface area contributed by atoms with Crippen molar-refractivity contribution in [1.29, 1.82) is 0 Å². The van der Waals surface area contributed by atoms with E-state index >= 15 is 0 Å². The fourth-order valence-corrected chi connectivity index (χ4v) is 3.73. The molecule has 1 unspecified atom stereocenters. The number of morpholine rings is 1. The summed E-state index contributed by atoms with van der Waals surface area (Å²) in [6, 6.07) is 8.98. The molecule has 4 rings (SSSR count). The Morgan fingerprint density at radius 3 is 2.79 bits per heavy atom. The smallest absolute Gasteiger partial charge is 0.223 e. The van der Waals surface area contributed by atoms with Crippen LogP contribution in [0.15, 0.2) is 28.8 Å². The molecule has 0 bridgehead atoms. The zero-order chi connectivity index (χ0) is 16.4. The van der Waals surface area contributed by atoms with Crippen molar-refractivity contribution in [3.63, 3.8) is 0 Å². The van der Waals surface area contributed by atoms with Crippen LogP contribution in [0.5, 0.6) is 0 Å². The van der Waals surface area contributed by atoms with Crippen molar-refractivity contribution in [2.45, 2.75) is 32.4 Å². The van der Waals surface area contributed by atoms with E-state index in [0.29, 0.717) is 5.89 Å². The van der Waals surface area contributed by atoms with E-state index in [1.165, 1.54) is 17.7 Å². The molecular weight excluding hydrogens is 304 g/mol. The average molecular weight is 328 g/mol. The number of likely N-dealkylation sites (tertiary alicyclic amines) is 1. The number of aryl methyl sites for hydroxylation is 1. The molecule has 2 aliphatic heterocycles. The van der Waals surface area contributed by atoms with Crippen LogP contribution in [0.2, 0.25) is 0 Å². The topological polar surface area (TPSA) is 54.6 Å². The summed E-state index contributed by atoms with van der Waals surface area (Å²) in [7, 11) is 0. The Morgan fingerprint density at radius 1 is 1.17 bits per heavy atom. The maximum absolute atomic E-state index is 5.49. The van der Waals surface area contributed by atoms with Gasteiger partial charge in [-0.2, -0.15) is 4.98 Å². The zero-order valence-electron chi connectivity index (χ0n) is 14.1. The van der Waals surface area contributed by atoms with Gasteiger partial charge in [0.25, 0.3) is 0 Å². The van der Waals surface area contributed by atoms with E-state index in [-0.39, 0.29) is 6.04 Å². The van der Waals surface area contributed by atoms with Gasteiger partial charge in [0.2, 0.25) is 5.89 Å². The van der Waals surface area contributed by atoms with Crippen molar-refractivity contribution < 1.29 is 9.26 Å². The van der Waals surface area contributed by atoms with Crippen molar-refractivity contribution in [1.82, 2.24) is 15.0 Å². The van der Waals surface area contributed by atoms with Gasteiger partial charge in [-0.1, -0.05) is 23.4 Å². The fraction of sp³-hybridized carbons (Fsp3) is 0.556. The second-order valence-electron chi connectivity index (χ2n) is 6.53. The molecule has 0 amide bonds. The molecule has 0 spiro atoms. The summed E-state index contributed by atoms with van der Waals surface area (Å²) in [5.74, 6) is 1.47. The highest BCUT2D eigenvalue weighted by atomic mass is 16.5. The molecule has 2 aromatic rings. The van der Waals surface area contributed by atoms with Gasteiger partial charge in [-0.25, -0.2) is 0 Å². The van der Waals surface area contributed by atoms with Crippen molar-refractivity contribution in [2.75, 3.05) is 37.7 Å². The van der Waals surface area contributed by atoms with Crippen molar-refractivity contribution in [3.05, 3.63) is 41.5 Å². The number of anilines is 1. The lowest BCUT2D eigenvalue weighted by Crippen LogP contribution is -2.37. The van der Waals surface area contributed by atoms with Crippen LogP contribution in [-0.4, -0.2) is 47.9 Å². The Kier molecular flexibility index (Phi) is 4.49. The third kappa shape index (κ3) is 3.16. The van der Waals surface area contributed by atoms with E-state index < -0.39 is 0 Å². The quantitative estimate of drug-likeness (QED) is 0.860. The van der Waals surface area contributed by atoms with Gasteiger partial charge < -0.3 is 14.2 Å². The van der Waals surface area contributed by atoms with Crippen LogP contribution in [0, 0.1) is 6.92 Å². The lowest BCUT2D eigenvalue weighted by atomic mass is 10.1. The molecule has 0 radical (unpaired) electrons. The molecule has 1 atom stereocenters. The number of aromatic nitrogens is 2. The first-order chi connectivity index (χ1) is 11.8. The SMILES string of the molecule is Cc1nc(C2CCCN2Cc2ccccc2N2CCOCC2)no1. The number of benzene rings is 1. The van der Waals surface area contributed by atoms with Crippen LogP contribution in [-0.2, 0) is 11.3 Å². The summed E-state index contributed by atoms with van der Waals surface area (Å²) in [6.07, 6.45) is 2.27. The minimum Gasteiger partial charge on any atom is -0.378 e. The van der Waals surface area contributed by atoms with Crippen LogP contribution in [0.3, 0.4) is 0 Å². The standard InChI is InChI=1S/C18H24N4O2/c1-14-19-18(20-24-14)17-7-4-8-22(17)13-15-5-2-3-6-16(15)21-9-11-23-12-10-21/h2-3,5-6,17H,4,7-13H2,1H3. The fourth-order valence-electron chi connectivity index (χ4n) is 3.73. The lowest BCUT2D eigenvalue weighted by molar-refractivity contribution is 0.122. The van der Waals surface area contributed by atoms with Crippen LogP contribution in [0.25, 0.3) is 0 Å². The molecule has 6 heteroatoms. The summed E-state index contributed by atoms with van der Waals surface area (Å²) in [4.78, 5) is 9.36. The lowest BCUT2D eigenvalue weighted by Gasteiger charge is -2.32. The summed E-state index contributed by atoms with van der Waals surface area (Å²) in [5, 5.41) is 4.15. The Morgan fingerprint density at radius 2 is 2.00 bits per heavy atom. The van der Waals surface area contributed by atoms with Gasteiger partial charge in [-0.15, -0.1) is 0 Å². The minimum absolute atomic E-state index is 0.264. The van der Waals surface area contributed by atoms with Gasteiger partial charge in [0.05, 0.1) is 19.3 Å². The Bertz CT molecular complexity index is 681. The number of rotatable bonds is 4. The van der Waals surface area contributed by atoms with E-state index in [9.17, 15) is 0 Å². The van der Waals surface area contributed by atoms with Gasteiger partial charge >= 0.3 is 0 Å². The van der Waals surface area contributed by atoms with E-state index in [1.54, 1.807) is 0 Å². The Balaban J connectivity index is 1.54. The summed E-state index contributed by atoms with van der Waals surface area (Å²) >= 11 is 0. The number of hydrogen-bond donors (Lipinski definition) is 0. The Labute approximate surface area is 142 Å². The highest BCUT2D eigenvalue weighted by molar-refractivity contribution is 5.54. The number of para-hydroxylation sites is 1. The largest absolute Gasteiger partial charge is 0.378 e. The van der Waals surface area contributed by atoms with Gasteiger partial charge in [0, 0.05) is 32.2 Å². The Hall–Kier alpha value is -1.92. The van der Waals surface area contributed by atoms with E-state index in [0.717, 1.165) is 51.6 Å². The maximum Gasteiger partial charge on any atom is 0.223 e. The van der Waals surface area contributed by atoms with Crippen LogP contribution < -0.4 is 4.90 Å². The molecule has 0 aliphatic carbocycles. The van der Waals surface area contributed by atoms with Crippen molar-refractivity contribution in [2.24, 2.45) is 0 Å². The summed E-state index contributed by atoms with van der Waals surface area (Å²) in [6.45, 7) is 7.39. The van der Waals surface area contributed by atoms with Gasteiger partial charge in [0.1, 0.15) is 0 Å². The van der Waals surface area contributed by atoms with Gasteiger partial charge in [-0.3, -0.25) is 4.90 Å². The summed E-state index contributed by atoms with van der Waals surface area (Å²) < 4.78 is 10.7. The number of hydrogen-bond acceptors (Lipinski definition) is 6. The van der Waals surface area contributed by atoms with Crippen LogP contribution >= 0.6 is 0 Å². The number of ether oxygens (including phenoxy) is 1. The van der Waals surface area contributed by atoms with Crippen LogP contribution in [0.1, 0.15) is 36.2 Å². The van der Waals surface area contributed by atoms with Crippen LogP contribution in [0.4, 0.5) is 5.69 Å². The molecule has 2 aliphatic rings. The molecule has 1 aromatic heterocycles. The summed E-state index contributed by atoms with van der Waals surface area (Å²) in [5.41, 5.74) is 2.70. The molecule has 128 valence electrons. The molecule has 2 saturated heterocycles. The number of nitrogens with zero attached hydrogens (tertiary/aromatic N) is 4. The first kappa shape index (κ1) is 15.6. The molecule has 3 heterocycles. The molecule has 24 heavy (non-hydrogen) atoms. The molecule has 0 N–H and O–H groups in total. The van der Waals surface area contributed by atoms with Crippen molar-refractivity contribution in [3.8, 4) is 0 Å². The predicted octanol–water partition coefficient (Wildman–Crippen LogP) is 2.55. The molecular formula is C18H24N4O2. The third-order valence-corrected chi connectivity index (χ3v) is 4.92. The first-order valence-electron chi connectivity index (χ1n) is 8.76. The normalized spacial score (nSPS) is 22.2. The molecule has 6 nitrogen and oxygen atoms in total. The second kappa shape index (κ2) is 6.91. The zero-order valence-corrected chi connectivity index (χ0v) is 14.1. The monoisotopic (exact) mass is 328 g/mol. The van der Waals surface area contributed by atoms with E-state index in [4.69, 9.17) is 9.26 Å². The third-order valence-electron chi connectivity index (χ3n) is 4.92. The second-order valence-corrected chi connectivity index (χ2v) is 6.53. The van der Waals surface area contributed by atoms with E-state index in [1.807, 2.05) is 6.92 Å². The van der Waals surface area contributed by atoms with Crippen molar-refractivity contribution >= 4 is 5.69 Å². The average Bonchev–Trinajstić information content (AvgIpc) is 3.25. The van der Waals surface area contributed by atoms with Gasteiger partial charge in [0.15, 0.2) is 5.82 Å². The molecule has 0 saturated carbocycles. The highest BCUT2D eigenvalue weighted by Crippen LogP contribution is 2.33. The molecule has 1 aromatic carbocycles.